The van der Waals surface area contributed by atoms with Gasteiger partial charge in [0.15, 0.2) is 11.9 Å². The van der Waals surface area contributed by atoms with Crippen molar-refractivity contribution in [3.8, 4) is 0 Å². The highest BCUT2D eigenvalue weighted by atomic mass is 19.1. The summed E-state index contributed by atoms with van der Waals surface area (Å²) in [5.74, 6) is 0. The Kier molecular flexibility index (Phi) is 3.16. The molecule has 0 aromatic carbocycles. The number of fused-ring (bicyclic) bond motifs is 1. The fourth-order valence-electron chi connectivity index (χ4n) is 2.41. The maximum absolute atomic E-state index is 14.0. The summed E-state index contributed by atoms with van der Waals surface area (Å²) >= 11 is 0. The van der Waals surface area contributed by atoms with E-state index in [-0.39, 0.29) is 13.0 Å². The van der Waals surface area contributed by atoms with Gasteiger partial charge in [-0.05, 0) is 6.42 Å². The Morgan fingerprint density at radius 1 is 1.47 bits per heavy atom. The lowest BCUT2D eigenvalue weighted by molar-refractivity contribution is -0.0351. The second-order valence-electron chi connectivity index (χ2n) is 4.58. The summed E-state index contributed by atoms with van der Waals surface area (Å²) in [5, 5.41) is 9.05. The summed E-state index contributed by atoms with van der Waals surface area (Å²) in [6.45, 7) is 1.80. The molecule has 1 N–H and O–H groups in total. The van der Waals surface area contributed by atoms with Gasteiger partial charge >= 0.3 is 0 Å². The molecule has 0 saturated carbocycles. The number of hydrogen-bond acceptors (Lipinski definition) is 5. The summed E-state index contributed by atoms with van der Waals surface area (Å²) in [4.78, 5) is 12.6. The molecule has 1 aliphatic heterocycles. The maximum atomic E-state index is 14.0. The predicted molar refractivity (Wildman–Crippen MR) is 65.2 cm³/mol. The van der Waals surface area contributed by atoms with Crippen LogP contribution in [-0.4, -0.2) is 43.5 Å². The number of aromatic nitrogens is 4. The van der Waals surface area contributed by atoms with Gasteiger partial charge in [0, 0.05) is 6.42 Å². The summed E-state index contributed by atoms with van der Waals surface area (Å²) in [5.41, 5.74) is 2.07. The van der Waals surface area contributed by atoms with Crippen molar-refractivity contribution < 1.29 is 14.2 Å². The van der Waals surface area contributed by atoms with E-state index in [2.05, 4.69) is 15.0 Å². The molecule has 7 heteroatoms. The zero-order chi connectivity index (χ0) is 13.4. The van der Waals surface area contributed by atoms with E-state index < -0.39 is 18.5 Å². The quantitative estimate of drug-likeness (QED) is 0.897. The number of halogens is 1. The molecule has 0 bridgehead atoms. The van der Waals surface area contributed by atoms with Crippen molar-refractivity contribution in [3.05, 3.63) is 18.3 Å². The van der Waals surface area contributed by atoms with Crippen LogP contribution >= 0.6 is 0 Å². The monoisotopic (exact) mass is 266 g/mol. The number of aryl methyl sites for hydroxylation is 1. The molecule has 1 fully saturated rings. The van der Waals surface area contributed by atoms with E-state index in [1.165, 1.54) is 12.7 Å². The Labute approximate surface area is 109 Å². The van der Waals surface area contributed by atoms with Crippen molar-refractivity contribution in [2.75, 3.05) is 6.61 Å². The second kappa shape index (κ2) is 4.82. The molecule has 6 nitrogen and oxygen atoms in total. The van der Waals surface area contributed by atoms with Crippen LogP contribution in [0.2, 0.25) is 0 Å². The normalized spacial score (nSPS) is 27.2. The highest BCUT2D eigenvalue weighted by Crippen LogP contribution is 2.33. The third-order valence-electron chi connectivity index (χ3n) is 3.38. The fourth-order valence-corrected chi connectivity index (χ4v) is 2.41. The number of ether oxygens (including phenoxy) is 1. The minimum Gasteiger partial charge on any atom is -0.394 e. The van der Waals surface area contributed by atoms with Crippen molar-refractivity contribution in [1.82, 2.24) is 19.5 Å². The Bertz CT molecular complexity index is 588. The molecule has 3 heterocycles. The molecule has 0 radical (unpaired) electrons. The number of hydrogen-bond donors (Lipinski definition) is 1. The summed E-state index contributed by atoms with van der Waals surface area (Å²) in [6, 6.07) is 0. The molecule has 102 valence electrons. The first-order valence-corrected chi connectivity index (χ1v) is 6.31. The van der Waals surface area contributed by atoms with Gasteiger partial charge in [0.25, 0.3) is 0 Å². The van der Waals surface area contributed by atoms with Crippen LogP contribution < -0.4 is 0 Å². The van der Waals surface area contributed by atoms with Crippen molar-refractivity contribution in [2.45, 2.75) is 38.3 Å². The molecule has 0 aliphatic carbocycles. The number of aliphatic hydroxyl groups excluding tert-OH is 1. The molecule has 3 rings (SSSR count). The van der Waals surface area contributed by atoms with Crippen molar-refractivity contribution in [3.63, 3.8) is 0 Å². The first kappa shape index (κ1) is 12.4. The number of nitrogens with zero attached hydrogens (tertiary/aromatic N) is 4. The van der Waals surface area contributed by atoms with Crippen molar-refractivity contribution >= 4 is 11.2 Å². The number of alkyl halides is 1. The van der Waals surface area contributed by atoms with Crippen LogP contribution in [0.15, 0.2) is 12.7 Å². The van der Waals surface area contributed by atoms with Crippen molar-refractivity contribution in [2.24, 2.45) is 0 Å². The highest BCUT2D eigenvalue weighted by molar-refractivity contribution is 5.73. The van der Waals surface area contributed by atoms with Crippen molar-refractivity contribution in [1.29, 1.82) is 0 Å². The smallest absolute Gasteiger partial charge is 0.168 e. The molecule has 0 unspecified atom stereocenters. The first-order valence-electron chi connectivity index (χ1n) is 6.31. The van der Waals surface area contributed by atoms with Gasteiger partial charge in [0.2, 0.25) is 0 Å². The first-order chi connectivity index (χ1) is 9.24. The molecule has 19 heavy (non-hydrogen) atoms. The zero-order valence-corrected chi connectivity index (χ0v) is 10.5. The summed E-state index contributed by atoms with van der Waals surface area (Å²) in [7, 11) is 0. The van der Waals surface area contributed by atoms with Gasteiger partial charge in [-0.15, -0.1) is 0 Å². The minimum atomic E-state index is -1.17. The Morgan fingerprint density at radius 3 is 3.00 bits per heavy atom. The lowest BCUT2D eigenvalue weighted by Crippen LogP contribution is -2.16. The van der Waals surface area contributed by atoms with Crippen LogP contribution in [-0.2, 0) is 11.2 Å². The Balaban J connectivity index is 2.02. The SMILES string of the molecule is CCc1ncnc2c1ncn2[C@@H]1O[C@H](CO)C[C@H]1F. The molecular formula is C12H15FN4O2. The maximum Gasteiger partial charge on any atom is 0.168 e. The molecule has 2 aromatic rings. The third-order valence-corrected chi connectivity index (χ3v) is 3.38. The molecule has 0 spiro atoms. The van der Waals surface area contributed by atoms with Crippen LogP contribution in [0.4, 0.5) is 4.39 Å². The van der Waals surface area contributed by atoms with Crippen LogP contribution in [0.5, 0.6) is 0 Å². The topological polar surface area (TPSA) is 73.1 Å². The Morgan fingerprint density at radius 2 is 2.32 bits per heavy atom. The third kappa shape index (κ3) is 1.98. The molecule has 3 atom stereocenters. The van der Waals surface area contributed by atoms with Crippen LogP contribution in [0.3, 0.4) is 0 Å². The number of aliphatic hydroxyl groups is 1. The van der Waals surface area contributed by atoms with Gasteiger partial charge in [0.05, 0.1) is 24.7 Å². The Hall–Kier alpha value is -1.60. The second-order valence-corrected chi connectivity index (χ2v) is 4.58. The van der Waals surface area contributed by atoms with Gasteiger partial charge in [0.1, 0.15) is 18.0 Å². The largest absolute Gasteiger partial charge is 0.394 e. The average Bonchev–Trinajstić information content (AvgIpc) is 3.01. The molecule has 0 amide bonds. The standard InChI is InChI=1S/C12H15FN4O2/c1-2-9-10-11(15-5-14-9)17(6-16-10)12-8(13)3-7(4-18)19-12/h5-8,12,18H,2-4H2,1H3/t7-,8+,12+/m0/s1. The number of imidazole rings is 1. The van der Waals surface area contributed by atoms with Gasteiger partial charge < -0.3 is 9.84 Å². The van der Waals surface area contributed by atoms with Crippen LogP contribution in [0, 0.1) is 0 Å². The van der Waals surface area contributed by atoms with E-state index in [1.54, 1.807) is 4.57 Å². The van der Waals surface area contributed by atoms with E-state index in [0.717, 1.165) is 12.1 Å². The minimum absolute atomic E-state index is 0.182. The average molecular weight is 266 g/mol. The molecule has 1 saturated heterocycles. The molecule has 1 aliphatic rings. The van der Waals surface area contributed by atoms with E-state index in [9.17, 15) is 4.39 Å². The predicted octanol–water partition coefficient (Wildman–Crippen LogP) is 1.01. The molecule has 2 aromatic heterocycles. The number of rotatable bonds is 3. The van der Waals surface area contributed by atoms with Gasteiger partial charge in [-0.25, -0.2) is 19.3 Å². The van der Waals surface area contributed by atoms with Crippen LogP contribution in [0.1, 0.15) is 25.3 Å². The zero-order valence-electron chi connectivity index (χ0n) is 10.5. The van der Waals surface area contributed by atoms with Gasteiger partial charge in [-0.1, -0.05) is 6.92 Å². The van der Waals surface area contributed by atoms with E-state index in [1.807, 2.05) is 6.92 Å². The fraction of sp³-hybridized carbons (Fsp3) is 0.583. The lowest BCUT2D eigenvalue weighted by Gasteiger charge is -2.15. The van der Waals surface area contributed by atoms with E-state index in [4.69, 9.17) is 9.84 Å². The highest BCUT2D eigenvalue weighted by Gasteiger charge is 2.37. The lowest BCUT2D eigenvalue weighted by atomic mass is 10.2. The van der Waals surface area contributed by atoms with Crippen LogP contribution in [0.25, 0.3) is 11.2 Å². The summed E-state index contributed by atoms with van der Waals surface area (Å²) in [6.07, 6.45) is 1.48. The van der Waals surface area contributed by atoms with Gasteiger partial charge in [-0.3, -0.25) is 4.57 Å². The summed E-state index contributed by atoms with van der Waals surface area (Å²) < 4.78 is 21.0. The molecular weight excluding hydrogens is 251 g/mol. The van der Waals surface area contributed by atoms with E-state index >= 15 is 0 Å². The van der Waals surface area contributed by atoms with E-state index in [0.29, 0.717) is 11.2 Å². The van der Waals surface area contributed by atoms with Gasteiger partial charge in [-0.2, -0.15) is 0 Å².